The minimum absolute atomic E-state index is 0.0156. The molecule has 0 aliphatic carbocycles. The third kappa shape index (κ3) is 4.25. The maximum atomic E-state index is 7.13. The molecule has 0 aromatic heterocycles. The highest BCUT2D eigenvalue weighted by molar-refractivity contribution is 5.89. The summed E-state index contributed by atoms with van der Waals surface area (Å²) < 4.78 is 4.59. The van der Waals surface area contributed by atoms with Gasteiger partial charge in [0, 0.05) is 12.2 Å². The van der Waals surface area contributed by atoms with Gasteiger partial charge in [-0.3, -0.25) is 5.41 Å². The molecule has 0 fully saturated rings. The Labute approximate surface area is 66.9 Å². The number of nitrogens with two attached hydrogens (primary N) is 1. The molecule has 0 spiro atoms. The van der Waals surface area contributed by atoms with Crippen molar-refractivity contribution in [2.75, 3.05) is 7.11 Å². The van der Waals surface area contributed by atoms with Crippen LogP contribution in [0.4, 0.5) is 0 Å². The third-order valence-corrected chi connectivity index (χ3v) is 1.04. The quantitative estimate of drug-likeness (QED) is 0.410. The summed E-state index contributed by atoms with van der Waals surface area (Å²) in [4.78, 5) is 0. The van der Waals surface area contributed by atoms with Crippen molar-refractivity contribution in [1.82, 2.24) is 5.32 Å². The van der Waals surface area contributed by atoms with Gasteiger partial charge in [0.15, 0.2) is 0 Å². The van der Waals surface area contributed by atoms with Crippen LogP contribution in [0.3, 0.4) is 0 Å². The van der Waals surface area contributed by atoms with Crippen molar-refractivity contribution in [2.45, 2.75) is 19.9 Å². The predicted molar refractivity (Wildman–Crippen MR) is 45.3 cm³/mol. The lowest BCUT2D eigenvalue weighted by molar-refractivity contribution is 0.399. The Kier molecular flexibility index (Phi) is 4.10. The van der Waals surface area contributed by atoms with Crippen LogP contribution in [0.1, 0.15) is 13.8 Å². The van der Waals surface area contributed by atoms with Gasteiger partial charge in [-0.2, -0.15) is 0 Å². The monoisotopic (exact) mass is 157 g/mol. The first-order valence-electron chi connectivity index (χ1n) is 3.42. The number of ether oxygens (including phenoxy) is 1. The summed E-state index contributed by atoms with van der Waals surface area (Å²) in [5, 5.41) is 10.1. The molecule has 0 aliphatic rings. The van der Waals surface area contributed by atoms with Crippen LogP contribution in [0.2, 0.25) is 0 Å². The van der Waals surface area contributed by atoms with E-state index in [1.165, 1.54) is 7.11 Å². The minimum Gasteiger partial charge on any atom is -0.480 e. The molecule has 64 valence electrons. The zero-order valence-electron chi connectivity index (χ0n) is 7.14. The summed E-state index contributed by atoms with van der Waals surface area (Å²) in [6.07, 6.45) is 1.57. The average Bonchev–Trinajstić information content (AvgIpc) is 1.98. The molecule has 0 aromatic rings. The first kappa shape index (κ1) is 9.81. The van der Waals surface area contributed by atoms with Crippen molar-refractivity contribution in [3.8, 4) is 0 Å². The smallest absolute Gasteiger partial charge is 0.230 e. The van der Waals surface area contributed by atoms with Gasteiger partial charge in [-0.1, -0.05) is 0 Å². The van der Waals surface area contributed by atoms with Gasteiger partial charge in [0.1, 0.15) is 5.70 Å². The lowest BCUT2D eigenvalue weighted by atomic mass is 10.4. The topological polar surface area (TPSA) is 71.1 Å². The summed E-state index contributed by atoms with van der Waals surface area (Å²) in [5.41, 5.74) is 5.73. The van der Waals surface area contributed by atoms with Gasteiger partial charge in [-0.15, -0.1) is 0 Å². The van der Waals surface area contributed by atoms with Crippen LogP contribution in [-0.4, -0.2) is 19.0 Å². The summed E-state index contributed by atoms with van der Waals surface area (Å²) in [6, 6.07) is 0.318. The molecule has 0 amide bonds. The molecule has 0 radical (unpaired) electrons. The van der Waals surface area contributed by atoms with Gasteiger partial charge >= 0.3 is 0 Å². The molecule has 4 N–H and O–H groups in total. The lowest BCUT2D eigenvalue weighted by Crippen LogP contribution is -2.21. The maximum Gasteiger partial charge on any atom is 0.230 e. The van der Waals surface area contributed by atoms with E-state index in [-0.39, 0.29) is 5.90 Å². The molecular weight excluding hydrogens is 142 g/mol. The molecule has 4 nitrogen and oxygen atoms in total. The normalized spacial score (nSPS) is 11.5. The molecule has 0 atom stereocenters. The van der Waals surface area contributed by atoms with E-state index in [2.05, 4.69) is 10.1 Å². The second kappa shape index (κ2) is 4.60. The zero-order chi connectivity index (χ0) is 8.85. The Morgan fingerprint density at radius 2 is 2.18 bits per heavy atom. The van der Waals surface area contributed by atoms with Gasteiger partial charge in [0.25, 0.3) is 0 Å². The maximum absolute atomic E-state index is 7.13. The SMILES string of the molecule is COC(=N)/C(N)=C\NC(C)C. The highest BCUT2D eigenvalue weighted by Gasteiger charge is 1.97. The third-order valence-electron chi connectivity index (χ3n) is 1.04. The zero-order valence-corrected chi connectivity index (χ0v) is 7.14. The van der Waals surface area contributed by atoms with Gasteiger partial charge < -0.3 is 15.8 Å². The van der Waals surface area contributed by atoms with E-state index in [4.69, 9.17) is 11.1 Å². The predicted octanol–water partition coefficient (Wildman–Crippen LogP) is 0.408. The molecule has 4 heteroatoms. The molecular formula is C7H15N3O. The van der Waals surface area contributed by atoms with E-state index in [0.29, 0.717) is 11.7 Å². The molecule has 0 rings (SSSR count). The van der Waals surface area contributed by atoms with E-state index in [1.807, 2.05) is 13.8 Å². The summed E-state index contributed by atoms with van der Waals surface area (Å²) >= 11 is 0. The highest BCUT2D eigenvalue weighted by Crippen LogP contribution is 1.86. The summed E-state index contributed by atoms with van der Waals surface area (Å²) in [5.74, 6) is -0.0156. The van der Waals surface area contributed by atoms with Crippen LogP contribution in [-0.2, 0) is 4.74 Å². The molecule has 11 heavy (non-hydrogen) atoms. The average molecular weight is 157 g/mol. The fraction of sp³-hybridized carbons (Fsp3) is 0.571. The molecule has 0 saturated heterocycles. The van der Waals surface area contributed by atoms with E-state index in [1.54, 1.807) is 6.20 Å². The number of methoxy groups -OCH3 is 1. The van der Waals surface area contributed by atoms with Gasteiger partial charge in [-0.25, -0.2) is 0 Å². The number of rotatable bonds is 3. The largest absolute Gasteiger partial charge is 0.480 e. The second-order valence-corrected chi connectivity index (χ2v) is 2.45. The summed E-state index contributed by atoms with van der Waals surface area (Å²) in [7, 11) is 1.42. The van der Waals surface area contributed by atoms with Gasteiger partial charge in [0.05, 0.1) is 7.11 Å². The van der Waals surface area contributed by atoms with E-state index in [9.17, 15) is 0 Å². The van der Waals surface area contributed by atoms with Crippen LogP contribution in [0.15, 0.2) is 11.9 Å². The molecule has 0 bridgehead atoms. The number of nitrogens with one attached hydrogen (secondary N) is 2. The standard InChI is InChI=1S/C7H15N3O/c1-5(2)10-4-6(8)7(9)11-3/h4-5,9-10H,8H2,1-3H3/b6-4+,9-7?. The lowest BCUT2D eigenvalue weighted by Gasteiger charge is -2.06. The van der Waals surface area contributed by atoms with Crippen molar-refractivity contribution in [1.29, 1.82) is 5.41 Å². The molecule has 0 unspecified atom stereocenters. The Balaban J connectivity index is 3.90. The number of hydrogen-bond acceptors (Lipinski definition) is 4. The second-order valence-electron chi connectivity index (χ2n) is 2.45. The van der Waals surface area contributed by atoms with Crippen molar-refractivity contribution in [3.05, 3.63) is 11.9 Å². The van der Waals surface area contributed by atoms with Crippen LogP contribution < -0.4 is 11.1 Å². The van der Waals surface area contributed by atoms with Crippen LogP contribution in [0.25, 0.3) is 0 Å². The Hall–Kier alpha value is -1.19. The van der Waals surface area contributed by atoms with Crippen LogP contribution >= 0.6 is 0 Å². The van der Waals surface area contributed by atoms with Crippen LogP contribution in [0, 0.1) is 5.41 Å². The van der Waals surface area contributed by atoms with E-state index >= 15 is 0 Å². The fourth-order valence-corrected chi connectivity index (χ4v) is 0.440. The summed E-state index contributed by atoms with van der Waals surface area (Å²) in [6.45, 7) is 3.97. The number of hydrogen-bond donors (Lipinski definition) is 3. The highest BCUT2D eigenvalue weighted by atomic mass is 16.5. The first-order valence-corrected chi connectivity index (χ1v) is 3.42. The van der Waals surface area contributed by atoms with Gasteiger partial charge in [-0.05, 0) is 13.8 Å². The van der Waals surface area contributed by atoms with Gasteiger partial charge in [0.2, 0.25) is 5.90 Å². The Morgan fingerprint density at radius 3 is 2.55 bits per heavy atom. The van der Waals surface area contributed by atoms with Crippen molar-refractivity contribution >= 4 is 5.90 Å². The Bertz CT molecular complexity index is 163. The van der Waals surface area contributed by atoms with Crippen molar-refractivity contribution in [2.24, 2.45) is 5.73 Å². The van der Waals surface area contributed by atoms with E-state index < -0.39 is 0 Å². The van der Waals surface area contributed by atoms with Crippen molar-refractivity contribution in [3.63, 3.8) is 0 Å². The molecule has 0 heterocycles. The molecule has 0 aliphatic heterocycles. The minimum atomic E-state index is -0.0156. The van der Waals surface area contributed by atoms with E-state index in [0.717, 1.165) is 0 Å². The Morgan fingerprint density at radius 1 is 1.64 bits per heavy atom. The molecule has 0 saturated carbocycles. The first-order chi connectivity index (χ1) is 5.07. The van der Waals surface area contributed by atoms with Crippen molar-refractivity contribution < 1.29 is 4.74 Å². The fourth-order valence-electron chi connectivity index (χ4n) is 0.440. The van der Waals surface area contributed by atoms with Crippen LogP contribution in [0.5, 0.6) is 0 Å². The molecule has 0 aromatic carbocycles.